The predicted octanol–water partition coefficient (Wildman–Crippen LogP) is 6.19. The molecule has 2 heterocycles. The molecule has 1 aliphatic heterocycles. The fraction of sp³-hybridized carbons (Fsp3) is 0.219. The van der Waals surface area contributed by atoms with Crippen molar-refractivity contribution in [3.8, 4) is 11.5 Å². The number of allylic oxidation sites excluding steroid dienone is 1. The number of nitrogens with zero attached hydrogens (tertiary/aromatic N) is 2. The molecule has 0 amide bonds. The highest BCUT2D eigenvalue weighted by molar-refractivity contribution is 9.10. The third-order valence-electron chi connectivity index (χ3n) is 6.62. The van der Waals surface area contributed by atoms with Crippen LogP contribution in [0.1, 0.15) is 43.5 Å². The van der Waals surface area contributed by atoms with Crippen LogP contribution in [0.5, 0.6) is 11.5 Å². The molecule has 0 bridgehead atoms. The molecular weight excluding hydrogens is 640 g/mol. The molecule has 0 radical (unpaired) electrons. The molecule has 10 heteroatoms. The summed E-state index contributed by atoms with van der Waals surface area (Å²) in [5.41, 5.74) is 2.99. The third kappa shape index (κ3) is 6.09. The monoisotopic (exact) mass is 666 g/mol. The summed E-state index contributed by atoms with van der Waals surface area (Å²) in [4.78, 5) is 32.1. The number of ether oxygens (including phenoxy) is 3. The van der Waals surface area contributed by atoms with E-state index in [4.69, 9.17) is 25.8 Å². The lowest BCUT2D eigenvalue weighted by Gasteiger charge is -2.24. The molecule has 3 aromatic carbocycles. The zero-order valence-electron chi connectivity index (χ0n) is 23.2. The first-order valence-electron chi connectivity index (χ1n) is 13.4. The van der Waals surface area contributed by atoms with Gasteiger partial charge in [-0.15, -0.1) is 0 Å². The summed E-state index contributed by atoms with van der Waals surface area (Å²) in [7, 11) is 0. The lowest BCUT2D eigenvalue weighted by atomic mass is 9.96. The number of carbonyl (C=O) groups excluding carboxylic acids is 1. The van der Waals surface area contributed by atoms with Gasteiger partial charge in [-0.05, 0) is 56.2 Å². The van der Waals surface area contributed by atoms with E-state index in [0.717, 1.165) is 16.7 Å². The van der Waals surface area contributed by atoms with Gasteiger partial charge in [0.2, 0.25) is 0 Å². The van der Waals surface area contributed by atoms with E-state index in [1.807, 2.05) is 73.7 Å². The number of fused-ring (bicyclic) bond motifs is 1. The zero-order valence-corrected chi connectivity index (χ0v) is 26.4. The fourth-order valence-corrected chi connectivity index (χ4v) is 6.36. The van der Waals surface area contributed by atoms with E-state index in [1.54, 1.807) is 24.5 Å². The smallest absolute Gasteiger partial charge is 0.338 e. The second-order valence-electron chi connectivity index (χ2n) is 9.35. The first-order valence-corrected chi connectivity index (χ1v) is 15.4. The maximum absolute atomic E-state index is 13.9. The number of rotatable bonds is 9. The summed E-state index contributed by atoms with van der Waals surface area (Å²) in [5.74, 6) is 0.591. The van der Waals surface area contributed by atoms with Gasteiger partial charge in [-0.2, -0.15) is 0 Å². The van der Waals surface area contributed by atoms with E-state index >= 15 is 0 Å². The number of carbonyl (C=O) groups is 1. The molecule has 0 saturated carbocycles. The van der Waals surface area contributed by atoms with E-state index in [2.05, 4.69) is 20.9 Å². The molecule has 0 N–H and O–H groups in total. The van der Waals surface area contributed by atoms with Crippen LogP contribution in [0.15, 0.2) is 92.3 Å². The summed E-state index contributed by atoms with van der Waals surface area (Å²) < 4.78 is 20.1. The Kier molecular flexibility index (Phi) is 9.30. The van der Waals surface area contributed by atoms with Crippen molar-refractivity contribution in [2.45, 2.75) is 33.4 Å². The first kappa shape index (κ1) is 29.8. The number of thiazole rings is 1. The minimum Gasteiger partial charge on any atom is -0.490 e. The van der Waals surface area contributed by atoms with Gasteiger partial charge in [0.05, 0.1) is 35.1 Å². The van der Waals surface area contributed by atoms with Crippen molar-refractivity contribution in [2.24, 2.45) is 4.99 Å². The average molecular weight is 668 g/mol. The Morgan fingerprint density at radius 3 is 2.48 bits per heavy atom. The van der Waals surface area contributed by atoms with Gasteiger partial charge in [0.1, 0.15) is 6.61 Å². The predicted molar refractivity (Wildman–Crippen MR) is 168 cm³/mol. The highest BCUT2D eigenvalue weighted by Crippen LogP contribution is 2.35. The van der Waals surface area contributed by atoms with E-state index in [1.165, 1.54) is 11.3 Å². The normalized spacial score (nSPS) is 14.8. The Balaban J connectivity index is 1.58. The maximum Gasteiger partial charge on any atom is 0.338 e. The molecule has 4 aromatic rings. The largest absolute Gasteiger partial charge is 0.490 e. The van der Waals surface area contributed by atoms with Crippen molar-refractivity contribution in [1.29, 1.82) is 0 Å². The Morgan fingerprint density at radius 1 is 1.05 bits per heavy atom. The lowest BCUT2D eigenvalue weighted by Crippen LogP contribution is -2.39. The van der Waals surface area contributed by atoms with Gasteiger partial charge in [0.15, 0.2) is 16.3 Å². The highest BCUT2D eigenvalue weighted by atomic mass is 79.9. The minimum absolute atomic E-state index is 0.218. The van der Waals surface area contributed by atoms with Gasteiger partial charge in [-0.3, -0.25) is 9.36 Å². The number of benzene rings is 3. The number of aromatic nitrogens is 1. The van der Waals surface area contributed by atoms with Gasteiger partial charge < -0.3 is 14.2 Å². The second-order valence-corrected chi connectivity index (χ2v) is 11.6. The van der Waals surface area contributed by atoms with Crippen molar-refractivity contribution in [3.63, 3.8) is 0 Å². The Labute approximate surface area is 260 Å². The van der Waals surface area contributed by atoms with E-state index in [9.17, 15) is 9.59 Å². The quantitative estimate of drug-likeness (QED) is 0.199. The lowest BCUT2D eigenvalue weighted by molar-refractivity contribution is -0.139. The number of halogens is 2. The van der Waals surface area contributed by atoms with E-state index in [0.29, 0.717) is 48.2 Å². The van der Waals surface area contributed by atoms with Crippen LogP contribution in [0.2, 0.25) is 5.02 Å². The van der Waals surface area contributed by atoms with Gasteiger partial charge in [-0.1, -0.05) is 87.4 Å². The topological polar surface area (TPSA) is 79.1 Å². The van der Waals surface area contributed by atoms with Crippen LogP contribution >= 0.6 is 38.9 Å². The molecule has 0 aliphatic carbocycles. The molecule has 0 saturated heterocycles. The average Bonchev–Trinajstić information content (AvgIpc) is 3.28. The van der Waals surface area contributed by atoms with Crippen molar-refractivity contribution in [1.82, 2.24) is 4.57 Å². The molecule has 42 heavy (non-hydrogen) atoms. The van der Waals surface area contributed by atoms with Crippen LogP contribution in [0, 0.1) is 0 Å². The number of esters is 1. The Morgan fingerprint density at radius 2 is 1.76 bits per heavy atom. The molecular formula is C32H28BrClN2O5S. The van der Waals surface area contributed by atoms with E-state index in [-0.39, 0.29) is 18.8 Å². The summed E-state index contributed by atoms with van der Waals surface area (Å²) >= 11 is 11.2. The zero-order chi connectivity index (χ0) is 29.8. The SMILES string of the molecule is CCOC(=O)C1=C(C)N=c2s/c(=C\c3cc(OCC)c(OCc4ccccc4Cl)cc3Br)c(=O)n2[C@H]1c1ccccc1. The summed E-state index contributed by atoms with van der Waals surface area (Å²) in [6.45, 7) is 6.33. The summed E-state index contributed by atoms with van der Waals surface area (Å²) in [5, 5.41) is 0.622. The maximum atomic E-state index is 13.9. The van der Waals surface area contributed by atoms with Gasteiger partial charge in [-0.25, -0.2) is 9.79 Å². The molecule has 5 rings (SSSR count). The van der Waals surface area contributed by atoms with Crippen LogP contribution in [0.4, 0.5) is 0 Å². The molecule has 0 unspecified atom stereocenters. The molecule has 0 fully saturated rings. The van der Waals surface area contributed by atoms with Crippen LogP contribution < -0.4 is 24.4 Å². The molecule has 1 aliphatic rings. The molecule has 216 valence electrons. The van der Waals surface area contributed by atoms with Gasteiger partial charge in [0, 0.05) is 15.1 Å². The number of hydrogen-bond acceptors (Lipinski definition) is 7. The molecule has 7 nitrogen and oxygen atoms in total. The highest BCUT2D eigenvalue weighted by Gasteiger charge is 2.33. The van der Waals surface area contributed by atoms with Crippen molar-refractivity contribution in [3.05, 3.63) is 124 Å². The third-order valence-corrected chi connectivity index (χ3v) is 8.66. The molecule has 1 aromatic heterocycles. The Hall–Kier alpha value is -3.66. The molecule has 1 atom stereocenters. The minimum atomic E-state index is -0.660. The molecule has 0 spiro atoms. The fourth-order valence-electron chi connectivity index (χ4n) is 4.70. The van der Waals surface area contributed by atoms with Crippen molar-refractivity contribution < 1.29 is 19.0 Å². The first-order chi connectivity index (χ1) is 20.3. The van der Waals surface area contributed by atoms with Crippen LogP contribution in [0.3, 0.4) is 0 Å². The number of hydrogen-bond donors (Lipinski definition) is 0. The van der Waals surface area contributed by atoms with Crippen LogP contribution in [-0.2, 0) is 16.1 Å². The standard InChI is InChI=1S/C32H28BrClN2O5S/c1-4-39-25-15-22(23(33)17-26(25)41-18-21-13-9-10-14-24(21)34)16-27-30(37)36-29(20-11-7-6-8-12-20)28(31(38)40-5-2)19(3)35-32(36)42-27/h6-17,29H,4-5,18H2,1-3H3/b27-16-/t29-/m0/s1. The summed E-state index contributed by atoms with van der Waals surface area (Å²) in [6, 6.07) is 19.9. The van der Waals surface area contributed by atoms with Gasteiger partial charge >= 0.3 is 5.97 Å². The van der Waals surface area contributed by atoms with E-state index < -0.39 is 12.0 Å². The van der Waals surface area contributed by atoms with Crippen molar-refractivity contribution in [2.75, 3.05) is 13.2 Å². The van der Waals surface area contributed by atoms with Gasteiger partial charge in [0.25, 0.3) is 5.56 Å². The Bertz CT molecular complexity index is 1850. The van der Waals surface area contributed by atoms with Crippen molar-refractivity contribution >= 4 is 50.9 Å². The van der Waals surface area contributed by atoms with Crippen LogP contribution in [-0.4, -0.2) is 23.8 Å². The summed E-state index contributed by atoms with van der Waals surface area (Å²) in [6.07, 6.45) is 1.79. The second kappa shape index (κ2) is 13.1. The van der Waals surface area contributed by atoms with Crippen LogP contribution in [0.25, 0.3) is 6.08 Å².